The number of rotatable bonds is 6. The van der Waals surface area contributed by atoms with Crippen molar-refractivity contribution in [3.8, 4) is 0 Å². The summed E-state index contributed by atoms with van der Waals surface area (Å²) < 4.78 is 2.31. The second-order valence-electron chi connectivity index (χ2n) is 4.93. The maximum atomic E-state index is 4.35. The van der Waals surface area contributed by atoms with E-state index >= 15 is 0 Å². The molecular weight excluding hydrogens is 244 g/mol. The van der Waals surface area contributed by atoms with Gasteiger partial charge in [0.25, 0.3) is 0 Å². The van der Waals surface area contributed by atoms with Gasteiger partial charge in [0.05, 0.1) is 17.0 Å². The molecule has 96 valence electrons. The molecule has 1 aliphatic rings. The van der Waals surface area contributed by atoms with Crippen LogP contribution in [-0.2, 0) is 6.54 Å². The highest BCUT2D eigenvalue weighted by Gasteiger charge is 2.24. The van der Waals surface area contributed by atoms with Crippen molar-refractivity contribution in [2.24, 2.45) is 0 Å². The standard InChI is InChI=1S/C13H18N4S/c1-10(13-16-4-5-18-13)6-14-7-12-8-15-9-17(12)11-2-3-11/h4-5,8-11,14H,2-3,6-7H2,1H3. The highest BCUT2D eigenvalue weighted by atomic mass is 32.1. The van der Waals surface area contributed by atoms with Crippen LogP contribution in [0.4, 0.5) is 0 Å². The minimum atomic E-state index is 0.474. The summed E-state index contributed by atoms with van der Waals surface area (Å²) in [6.07, 6.45) is 8.41. The Hall–Kier alpha value is -1.20. The molecular formula is C13H18N4S. The van der Waals surface area contributed by atoms with E-state index in [1.807, 2.05) is 24.1 Å². The molecule has 0 radical (unpaired) electrons. The molecule has 1 unspecified atom stereocenters. The van der Waals surface area contributed by atoms with Crippen molar-refractivity contribution in [3.63, 3.8) is 0 Å². The molecule has 2 aromatic rings. The zero-order valence-corrected chi connectivity index (χ0v) is 11.4. The first-order valence-corrected chi connectivity index (χ1v) is 7.33. The molecule has 5 heteroatoms. The number of hydrogen-bond acceptors (Lipinski definition) is 4. The van der Waals surface area contributed by atoms with Crippen LogP contribution in [0.2, 0.25) is 0 Å². The van der Waals surface area contributed by atoms with E-state index in [-0.39, 0.29) is 0 Å². The van der Waals surface area contributed by atoms with Crippen molar-refractivity contribution in [1.82, 2.24) is 19.9 Å². The van der Waals surface area contributed by atoms with Crippen LogP contribution in [0.5, 0.6) is 0 Å². The normalized spacial score (nSPS) is 16.9. The molecule has 3 rings (SSSR count). The van der Waals surface area contributed by atoms with Crippen LogP contribution in [0.25, 0.3) is 0 Å². The van der Waals surface area contributed by atoms with Gasteiger partial charge in [0.2, 0.25) is 0 Å². The van der Waals surface area contributed by atoms with Crippen LogP contribution in [0.15, 0.2) is 24.1 Å². The average molecular weight is 262 g/mol. The van der Waals surface area contributed by atoms with Gasteiger partial charge < -0.3 is 9.88 Å². The van der Waals surface area contributed by atoms with Crippen LogP contribution < -0.4 is 5.32 Å². The molecule has 2 heterocycles. The Morgan fingerprint density at radius 3 is 3.17 bits per heavy atom. The van der Waals surface area contributed by atoms with Crippen molar-refractivity contribution in [2.75, 3.05) is 6.54 Å². The van der Waals surface area contributed by atoms with E-state index in [0.717, 1.165) is 13.1 Å². The van der Waals surface area contributed by atoms with Gasteiger partial charge in [-0.05, 0) is 12.8 Å². The minimum Gasteiger partial charge on any atom is -0.330 e. The maximum absolute atomic E-state index is 4.35. The van der Waals surface area contributed by atoms with Crippen molar-refractivity contribution in [2.45, 2.75) is 38.3 Å². The molecule has 1 saturated carbocycles. The van der Waals surface area contributed by atoms with Gasteiger partial charge in [-0.1, -0.05) is 6.92 Å². The fraction of sp³-hybridized carbons (Fsp3) is 0.538. The predicted molar refractivity (Wildman–Crippen MR) is 72.7 cm³/mol. The second-order valence-corrected chi connectivity index (χ2v) is 5.85. The lowest BCUT2D eigenvalue weighted by atomic mass is 10.2. The minimum absolute atomic E-state index is 0.474. The van der Waals surface area contributed by atoms with Crippen molar-refractivity contribution in [3.05, 3.63) is 34.8 Å². The molecule has 0 aliphatic heterocycles. The highest BCUT2D eigenvalue weighted by Crippen LogP contribution is 2.35. The van der Waals surface area contributed by atoms with Crippen LogP contribution in [0.3, 0.4) is 0 Å². The van der Waals surface area contributed by atoms with E-state index in [0.29, 0.717) is 12.0 Å². The predicted octanol–water partition coefficient (Wildman–Crippen LogP) is 2.57. The summed E-state index contributed by atoms with van der Waals surface area (Å²) >= 11 is 1.73. The zero-order chi connectivity index (χ0) is 12.4. The van der Waals surface area contributed by atoms with Gasteiger partial charge in [-0.3, -0.25) is 0 Å². The van der Waals surface area contributed by atoms with Crippen LogP contribution in [0, 0.1) is 0 Å². The Bertz CT molecular complexity index is 487. The van der Waals surface area contributed by atoms with Crippen molar-refractivity contribution in [1.29, 1.82) is 0 Å². The number of hydrogen-bond donors (Lipinski definition) is 1. The smallest absolute Gasteiger partial charge is 0.0965 e. The van der Waals surface area contributed by atoms with Gasteiger partial charge in [-0.25, -0.2) is 9.97 Å². The molecule has 2 aromatic heterocycles. The quantitative estimate of drug-likeness (QED) is 0.870. The van der Waals surface area contributed by atoms with E-state index in [4.69, 9.17) is 0 Å². The number of nitrogens with zero attached hydrogens (tertiary/aromatic N) is 3. The van der Waals surface area contributed by atoms with Gasteiger partial charge in [0.15, 0.2) is 0 Å². The summed E-state index contributed by atoms with van der Waals surface area (Å²) in [5, 5.41) is 6.75. The lowest BCUT2D eigenvalue weighted by Crippen LogP contribution is -2.21. The van der Waals surface area contributed by atoms with Crippen molar-refractivity contribution < 1.29 is 0 Å². The summed E-state index contributed by atoms with van der Waals surface area (Å²) in [6, 6.07) is 0.709. The first-order valence-electron chi connectivity index (χ1n) is 6.45. The van der Waals surface area contributed by atoms with Gasteiger partial charge in [-0.15, -0.1) is 11.3 Å². The average Bonchev–Trinajstić information content (AvgIpc) is 2.92. The molecule has 4 nitrogen and oxygen atoms in total. The molecule has 0 spiro atoms. The molecule has 18 heavy (non-hydrogen) atoms. The van der Waals surface area contributed by atoms with E-state index in [2.05, 4.69) is 26.8 Å². The first kappa shape index (κ1) is 11.9. The van der Waals surface area contributed by atoms with Gasteiger partial charge in [-0.2, -0.15) is 0 Å². The van der Waals surface area contributed by atoms with Gasteiger partial charge in [0.1, 0.15) is 0 Å². The summed E-state index contributed by atoms with van der Waals surface area (Å²) in [5.74, 6) is 0.474. The van der Waals surface area contributed by atoms with E-state index in [1.165, 1.54) is 23.5 Å². The molecule has 0 bridgehead atoms. The Morgan fingerprint density at radius 1 is 1.56 bits per heavy atom. The summed E-state index contributed by atoms with van der Waals surface area (Å²) in [4.78, 5) is 8.59. The van der Waals surface area contributed by atoms with Crippen LogP contribution in [-0.4, -0.2) is 21.1 Å². The largest absolute Gasteiger partial charge is 0.330 e. The number of aromatic nitrogens is 3. The van der Waals surface area contributed by atoms with Crippen molar-refractivity contribution >= 4 is 11.3 Å². The molecule has 1 atom stereocenters. The third-order valence-corrected chi connectivity index (χ3v) is 4.32. The topological polar surface area (TPSA) is 42.7 Å². The second kappa shape index (κ2) is 5.20. The number of nitrogens with one attached hydrogen (secondary N) is 1. The fourth-order valence-electron chi connectivity index (χ4n) is 2.13. The summed E-state index contributed by atoms with van der Waals surface area (Å²) in [5.41, 5.74) is 1.30. The molecule has 1 N–H and O–H groups in total. The van der Waals surface area contributed by atoms with E-state index in [9.17, 15) is 0 Å². The molecule has 0 amide bonds. The monoisotopic (exact) mass is 262 g/mol. The summed E-state index contributed by atoms with van der Waals surface area (Å²) in [6.45, 7) is 4.07. The first-order chi connectivity index (χ1) is 8.84. The Morgan fingerprint density at radius 2 is 2.44 bits per heavy atom. The lowest BCUT2D eigenvalue weighted by molar-refractivity contribution is 0.581. The SMILES string of the molecule is CC(CNCc1cncn1C1CC1)c1nccs1. The third-order valence-electron chi connectivity index (χ3n) is 3.32. The van der Waals surface area contributed by atoms with Gasteiger partial charge in [0, 0.05) is 42.8 Å². The molecule has 1 fully saturated rings. The molecule has 0 saturated heterocycles. The summed E-state index contributed by atoms with van der Waals surface area (Å²) in [7, 11) is 0. The molecule has 1 aliphatic carbocycles. The third kappa shape index (κ3) is 2.62. The van der Waals surface area contributed by atoms with Gasteiger partial charge >= 0.3 is 0 Å². The Kier molecular flexibility index (Phi) is 3.43. The van der Waals surface area contributed by atoms with E-state index in [1.54, 1.807) is 11.3 Å². The van der Waals surface area contributed by atoms with E-state index < -0.39 is 0 Å². The maximum Gasteiger partial charge on any atom is 0.0965 e. The fourth-order valence-corrected chi connectivity index (χ4v) is 2.83. The number of thiazole rings is 1. The Balaban J connectivity index is 1.50. The zero-order valence-electron chi connectivity index (χ0n) is 10.5. The highest BCUT2D eigenvalue weighted by molar-refractivity contribution is 7.09. The van der Waals surface area contributed by atoms with Crippen LogP contribution >= 0.6 is 11.3 Å². The molecule has 0 aromatic carbocycles. The lowest BCUT2D eigenvalue weighted by Gasteiger charge is -2.11. The van der Waals surface area contributed by atoms with Crippen LogP contribution in [0.1, 0.15) is 42.4 Å². The Labute approximate surface area is 111 Å². The number of imidazole rings is 1.